The molecule has 1 saturated heterocycles. The number of aromatic nitrogens is 3. The fraction of sp³-hybridized carbons (Fsp3) is 0.500. The summed E-state index contributed by atoms with van der Waals surface area (Å²) in [6.07, 6.45) is 1.46. The average molecular weight is 688 g/mol. The van der Waals surface area contributed by atoms with Crippen LogP contribution in [0.2, 0.25) is 0 Å². The van der Waals surface area contributed by atoms with Crippen molar-refractivity contribution in [2.24, 2.45) is 5.41 Å². The number of aryl methyl sites for hydroxylation is 1. The van der Waals surface area contributed by atoms with Gasteiger partial charge in [0.2, 0.25) is 11.8 Å². The summed E-state index contributed by atoms with van der Waals surface area (Å²) in [7, 11) is 0. The van der Waals surface area contributed by atoms with E-state index in [1.54, 1.807) is 23.0 Å². The molecule has 0 radical (unpaired) electrons. The van der Waals surface area contributed by atoms with Crippen molar-refractivity contribution in [1.82, 2.24) is 30.1 Å². The lowest BCUT2D eigenvalue weighted by atomic mass is 9.77. The number of carboxylic acid groups (broad SMARTS) is 3. The van der Waals surface area contributed by atoms with Gasteiger partial charge in [-0.05, 0) is 75.6 Å². The standard InChI is InChI=1S/C32H42FN7O9/c1-4-32(5-2)29(47)39(31(49)40(30(32)48)25(28(45)46)15-16-26(41)42)24(27(43)44)10-6-7-18-34-20(3)35-21-11-13-23(14-12-21)38-19-22(36-37-38)9-8-17-33/h11-14,19,24-25,34-35H,3-10,15-18H2,1-2H3,(H,41,42)(H,43,44)(H,45,46)/t24-,25-/m0/s1. The number of carboxylic acids is 3. The monoisotopic (exact) mass is 687 g/mol. The average Bonchev–Trinajstić information content (AvgIpc) is 3.54. The van der Waals surface area contributed by atoms with Crippen LogP contribution in [-0.4, -0.2) is 101 Å². The number of anilines is 1. The summed E-state index contributed by atoms with van der Waals surface area (Å²) >= 11 is 0. The van der Waals surface area contributed by atoms with Crippen molar-refractivity contribution in [2.45, 2.75) is 83.7 Å². The molecular formula is C32H42FN7O9. The van der Waals surface area contributed by atoms with E-state index in [1.165, 1.54) is 13.8 Å². The highest BCUT2D eigenvalue weighted by atomic mass is 19.1. The number of barbiturate groups is 1. The quantitative estimate of drug-likeness (QED) is 0.0940. The summed E-state index contributed by atoms with van der Waals surface area (Å²) in [5, 5.41) is 43.3. The Bertz CT molecular complexity index is 1540. The Morgan fingerprint density at radius 1 is 0.918 bits per heavy atom. The summed E-state index contributed by atoms with van der Waals surface area (Å²) < 4.78 is 14.0. The molecule has 0 spiro atoms. The molecule has 0 unspecified atom stereocenters. The van der Waals surface area contributed by atoms with Crippen molar-refractivity contribution in [2.75, 3.05) is 18.5 Å². The van der Waals surface area contributed by atoms with Gasteiger partial charge < -0.3 is 26.0 Å². The van der Waals surface area contributed by atoms with Crippen LogP contribution in [0.15, 0.2) is 42.9 Å². The number of imide groups is 2. The second-order valence-corrected chi connectivity index (χ2v) is 11.6. The van der Waals surface area contributed by atoms with E-state index < -0.39 is 72.8 Å². The van der Waals surface area contributed by atoms with Crippen molar-refractivity contribution in [1.29, 1.82) is 0 Å². The van der Waals surface area contributed by atoms with Gasteiger partial charge in [-0.3, -0.25) is 18.8 Å². The Morgan fingerprint density at radius 3 is 2.04 bits per heavy atom. The smallest absolute Gasteiger partial charge is 0.335 e. The molecule has 2 aromatic rings. The first-order chi connectivity index (χ1) is 23.3. The van der Waals surface area contributed by atoms with E-state index in [0.717, 1.165) is 5.69 Å². The Hall–Kier alpha value is -5.35. The van der Waals surface area contributed by atoms with Crippen molar-refractivity contribution in [3.05, 3.63) is 48.6 Å². The highest BCUT2D eigenvalue weighted by Gasteiger charge is 2.59. The first-order valence-corrected chi connectivity index (χ1v) is 16.0. The summed E-state index contributed by atoms with van der Waals surface area (Å²) in [4.78, 5) is 77.3. The van der Waals surface area contributed by atoms with Crippen LogP contribution in [0.1, 0.15) is 70.9 Å². The molecule has 4 amide bonds. The third kappa shape index (κ3) is 8.97. The molecule has 1 aliphatic heterocycles. The van der Waals surface area contributed by atoms with E-state index in [-0.39, 0.29) is 25.7 Å². The minimum atomic E-state index is -1.91. The number of carbonyl (C=O) groups excluding carboxylic acids is 3. The fourth-order valence-electron chi connectivity index (χ4n) is 5.64. The molecule has 5 N–H and O–H groups in total. The van der Waals surface area contributed by atoms with Crippen molar-refractivity contribution in [3.8, 4) is 5.69 Å². The minimum absolute atomic E-state index is 0.135. The Balaban J connectivity index is 1.63. The number of rotatable bonds is 21. The van der Waals surface area contributed by atoms with E-state index in [0.29, 0.717) is 52.8 Å². The van der Waals surface area contributed by atoms with Gasteiger partial charge in [0.25, 0.3) is 0 Å². The van der Waals surface area contributed by atoms with Gasteiger partial charge in [0, 0.05) is 18.7 Å². The zero-order chi connectivity index (χ0) is 36.3. The fourth-order valence-corrected chi connectivity index (χ4v) is 5.64. The number of unbranched alkanes of at least 4 members (excludes halogenated alkanes) is 1. The molecule has 0 aliphatic carbocycles. The van der Waals surface area contributed by atoms with E-state index in [1.807, 2.05) is 12.1 Å². The molecule has 1 aromatic carbocycles. The molecule has 0 bridgehead atoms. The SMILES string of the molecule is C=C(NCCCC[C@@H](C(=O)O)N1C(=O)N([C@@H](CCC(=O)O)C(=O)O)C(=O)C(CC)(CC)C1=O)Nc1ccc(-n2cc(CCCF)nn2)cc1. The van der Waals surface area contributed by atoms with Gasteiger partial charge in [-0.2, -0.15) is 0 Å². The Kier molecular flexibility index (Phi) is 13.3. The maximum atomic E-state index is 13.7. The molecule has 2 heterocycles. The van der Waals surface area contributed by atoms with Crippen LogP contribution < -0.4 is 10.6 Å². The van der Waals surface area contributed by atoms with Gasteiger partial charge in [-0.25, -0.2) is 28.9 Å². The van der Waals surface area contributed by atoms with Gasteiger partial charge in [0.1, 0.15) is 17.5 Å². The summed E-state index contributed by atoms with van der Waals surface area (Å²) in [6, 6.07) is 2.20. The number of halogens is 1. The predicted octanol–water partition coefficient (Wildman–Crippen LogP) is 3.18. The minimum Gasteiger partial charge on any atom is -0.481 e. The van der Waals surface area contributed by atoms with E-state index in [2.05, 4.69) is 27.5 Å². The highest BCUT2D eigenvalue weighted by molar-refractivity contribution is 6.21. The van der Waals surface area contributed by atoms with Crippen LogP contribution in [-0.2, 0) is 30.4 Å². The number of carbonyl (C=O) groups is 6. The molecule has 0 saturated carbocycles. The lowest BCUT2D eigenvalue weighted by molar-refractivity contribution is -0.170. The third-order valence-electron chi connectivity index (χ3n) is 8.48. The molecule has 1 aromatic heterocycles. The van der Waals surface area contributed by atoms with E-state index >= 15 is 0 Å². The highest BCUT2D eigenvalue weighted by Crippen LogP contribution is 2.39. The molecule has 2 atom stereocenters. The summed E-state index contributed by atoms with van der Waals surface area (Å²) in [5.41, 5.74) is 0.261. The molecule has 17 heteroatoms. The number of alkyl halides is 1. The van der Waals surface area contributed by atoms with E-state index in [9.17, 15) is 43.4 Å². The summed E-state index contributed by atoms with van der Waals surface area (Å²) in [5.74, 6) is -6.19. The number of hydrogen-bond donors (Lipinski definition) is 5. The second kappa shape index (κ2) is 17.2. The number of nitrogens with one attached hydrogen (secondary N) is 2. The van der Waals surface area contributed by atoms with Crippen LogP contribution >= 0.6 is 0 Å². The van der Waals surface area contributed by atoms with Crippen molar-refractivity contribution < 1.29 is 48.5 Å². The number of hydrogen-bond acceptors (Lipinski definition) is 10. The molecule has 3 rings (SSSR count). The van der Waals surface area contributed by atoms with Gasteiger partial charge in [0.05, 0.1) is 30.1 Å². The number of urea groups is 1. The van der Waals surface area contributed by atoms with Crippen LogP contribution in [0.25, 0.3) is 5.69 Å². The van der Waals surface area contributed by atoms with Crippen molar-refractivity contribution in [3.63, 3.8) is 0 Å². The predicted molar refractivity (Wildman–Crippen MR) is 172 cm³/mol. The number of aliphatic carboxylic acids is 3. The van der Waals surface area contributed by atoms with Crippen LogP contribution in [0.3, 0.4) is 0 Å². The first kappa shape index (κ1) is 38.1. The normalized spacial score (nSPS) is 15.5. The third-order valence-corrected chi connectivity index (χ3v) is 8.48. The van der Waals surface area contributed by atoms with Gasteiger partial charge in [-0.15, -0.1) is 5.10 Å². The number of benzene rings is 1. The lowest BCUT2D eigenvalue weighted by Crippen LogP contribution is -2.70. The molecule has 16 nitrogen and oxygen atoms in total. The molecule has 49 heavy (non-hydrogen) atoms. The van der Waals surface area contributed by atoms with Crippen LogP contribution in [0.4, 0.5) is 14.9 Å². The Morgan fingerprint density at radius 2 is 1.51 bits per heavy atom. The molecule has 1 aliphatic rings. The molecular weight excluding hydrogens is 645 g/mol. The first-order valence-electron chi connectivity index (χ1n) is 16.0. The second-order valence-electron chi connectivity index (χ2n) is 11.6. The van der Waals surface area contributed by atoms with E-state index in [4.69, 9.17) is 5.11 Å². The van der Waals surface area contributed by atoms with Gasteiger partial charge in [0.15, 0.2) is 0 Å². The topological polar surface area (TPSA) is 224 Å². The number of amides is 4. The van der Waals surface area contributed by atoms with Crippen LogP contribution in [0.5, 0.6) is 0 Å². The zero-order valence-corrected chi connectivity index (χ0v) is 27.4. The number of nitrogens with zero attached hydrogens (tertiary/aromatic N) is 5. The lowest BCUT2D eigenvalue weighted by Gasteiger charge is -2.46. The van der Waals surface area contributed by atoms with Gasteiger partial charge >= 0.3 is 23.9 Å². The van der Waals surface area contributed by atoms with Gasteiger partial charge in [-0.1, -0.05) is 25.6 Å². The Labute approximate surface area is 281 Å². The summed E-state index contributed by atoms with van der Waals surface area (Å²) in [6.45, 7) is 6.84. The maximum Gasteiger partial charge on any atom is 0.335 e. The van der Waals surface area contributed by atoms with Crippen LogP contribution in [0, 0.1) is 5.41 Å². The molecule has 266 valence electrons. The maximum absolute atomic E-state index is 13.7. The molecule has 1 fully saturated rings. The zero-order valence-electron chi connectivity index (χ0n) is 27.4. The van der Waals surface area contributed by atoms with Crippen molar-refractivity contribution >= 4 is 41.4 Å². The largest absolute Gasteiger partial charge is 0.481 e.